The Balaban J connectivity index is 1.48. The molecule has 1 unspecified atom stereocenters. The van der Waals surface area contributed by atoms with Crippen molar-refractivity contribution < 1.29 is 14.4 Å². The predicted molar refractivity (Wildman–Crippen MR) is 99.6 cm³/mol. The van der Waals surface area contributed by atoms with Crippen molar-refractivity contribution in [3.05, 3.63) is 29.8 Å². The van der Waals surface area contributed by atoms with Gasteiger partial charge in [0.2, 0.25) is 0 Å². The topological polar surface area (TPSA) is 42.8 Å². The lowest BCUT2D eigenvalue weighted by Gasteiger charge is -2.44. The molecule has 0 aromatic heterocycles. The molecule has 3 heterocycles. The summed E-state index contributed by atoms with van der Waals surface area (Å²) in [7, 11) is 0. The monoisotopic (exact) mass is 341 g/mol. The highest BCUT2D eigenvalue weighted by Gasteiger charge is 2.43. The lowest BCUT2D eigenvalue weighted by molar-refractivity contribution is -0.945. The maximum absolute atomic E-state index is 12.1. The minimum Gasteiger partial charge on any atom is -0.443 e. The fourth-order valence-electron chi connectivity index (χ4n) is 4.07. The van der Waals surface area contributed by atoms with E-state index in [0.717, 1.165) is 25.2 Å². The van der Waals surface area contributed by atoms with E-state index in [9.17, 15) is 4.79 Å². The number of amides is 1. The van der Waals surface area contributed by atoms with E-state index in [4.69, 9.17) is 11.2 Å². The molecule has 2 N–H and O–H groups in total. The first kappa shape index (κ1) is 17.8. The summed E-state index contributed by atoms with van der Waals surface area (Å²) >= 11 is 0. The van der Waals surface area contributed by atoms with Crippen molar-refractivity contribution in [3.8, 4) is 12.3 Å². The van der Waals surface area contributed by atoms with E-state index in [0.29, 0.717) is 24.5 Å². The molecule has 134 valence electrons. The molecule has 1 aromatic rings. The highest BCUT2D eigenvalue weighted by atomic mass is 16.5. The molecule has 0 aliphatic carbocycles. The van der Waals surface area contributed by atoms with Crippen LogP contribution >= 0.6 is 0 Å². The number of rotatable bonds is 3. The zero-order chi connectivity index (χ0) is 18.0. The van der Waals surface area contributed by atoms with Gasteiger partial charge in [-0.25, -0.2) is 4.79 Å². The molecule has 4 heteroatoms. The number of carbonyl (C=O) groups excluding carboxylic acids is 1. The number of hydrogen-bond acceptors (Lipinski definition) is 2. The molecule has 3 saturated heterocycles. The van der Waals surface area contributed by atoms with Crippen molar-refractivity contribution in [2.75, 3.05) is 25.0 Å². The van der Waals surface area contributed by atoms with Crippen molar-refractivity contribution in [1.29, 1.82) is 0 Å². The highest BCUT2D eigenvalue weighted by Crippen LogP contribution is 2.26. The van der Waals surface area contributed by atoms with Gasteiger partial charge in [0.15, 0.2) is 0 Å². The van der Waals surface area contributed by atoms with Crippen LogP contribution in [-0.2, 0) is 10.2 Å². The van der Waals surface area contributed by atoms with E-state index in [1.807, 2.05) is 24.3 Å². The van der Waals surface area contributed by atoms with Crippen LogP contribution in [-0.4, -0.2) is 31.8 Å². The second-order valence-electron chi connectivity index (χ2n) is 8.42. The lowest BCUT2D eigenvalue weighted by atomic mass is 9.76. The fourth-order valence-corrected chi connectivity index (χ4v) is 4.07. The molecule has 1 amide bonds. The highest BCUT2D eigenvalue weighted by molar-refractivity contribution is 5.84. The van der Waals surface area contributed by atoms with E-state index in [2.05, 4.69) is 32.0 Å². The molecule has 3 fully saturated rings. The zero-order valence-corrected chi connectivity index (χ0v) is 15.5. The summed E-state index contributed by atoms with van der Waals surface area (Å²) in [6.45, 7) is 9.14. The average molecular weight is 341 g/mol. The van der Waals surface area contributed by atoms with Crippen molar-refractivity contribution in [3.63, 3.8) is 0 Å². The second kappa shape index (κ2) is 7.09. The lowest BCUT2D eigenvalue weighted by Crippen LogP contribution is -3.20. The third-order valence-electron chi connectivity index (χ3n) is 5.68. The number of benzene rings is 1. The van der Waals surface area contributed by atoms with E-state index in [1.54, 1.807) is 0 Å². The third-order valence-corrected chi connectivity index (χ3v) is 5.68. The molecular weight excluding hydrogens is 312 g/mol. The largest absolute Gasteiger partial charge is 0.443 e. The van der Waals surface area contributed by atoms with Crippen molar-refractivity contribution in [2.45, 2.75) is 45.1 Å². The predicted octanol–water partition coefficient (Wildman–Crippen LogP) is 2.46. The number of anilines is 1. The maximum Gasteiger partial charge on any atom is 0.411 e. The molecule has 4 rings (SSSR count). The summed E-state index contributed by atoms with van der Waals surface area (Å²) in [4.78, 5) is 13.6. The molecule has 0 saturated carbocycles. The van der Waals surface area contributed by atoms with E-state index < -0.39 is 0 Å². The van der Waals surface area contributed by atoms with Gasteiger partial charge in [-0.2, -0.15) is 0 Å². The van der Waals surface area contributed by atoms with Crippen LogP contribution in [0.25, 0.3) is 0 Å². The third kappa shape index (κ3) is 4.16. The van der Waals surface area contributed by atoms with Gasteiger partial charge in [-0.15, -0.1) is 6.42 Å². The van der Waals surface area contributed by atoms with Crippen LogP contribution in [0.2, 0.25) is 0 Å². The van der Waals surface area contributed by atoms with Crippen LogP contribution in [0.4, 0.5) is 10.5 Å². The normalized spacial score (nSPS) is 28.2. The van der Waals surface area contributed by atoms with E-state index in [1.165, 1.54) is 16.9 Å². The molecule has 3 aliphatic rings. The maximum atomic E-state index is 12.1. The van der Waals surface area contributed by atoms with Crippen LogP contribution in [0.3, 0.4) is 0 Å². The Bertz CT molecular complexity index is 654. The van der Waals surface area contributed by atoms with Crippen molar-refractivity contribution in [2.24, 2.45) is 11.8 Å². The number of nitrogens with one attached hydrogen (secondary N) is 2. The Morgan fingerprint density at radius 3 is 2.64 bits per heavy atom. The van der Waals surface area contributed by atoms with Gasteiger partial charge in [-0.1, -0.05) is 38.8 Å². The van der Waals surface area contributed by atoms with Gasteiger partial charge >= 0.3 is 6.09 Å². The number of quaternary nitrogens is 1. The molecule has 0 radical (unpaired) electrons. The summed E-state index contributed by atoms with van der Waals surface area (Å²) in [5, 5.41) is 2.82. The van der Waals surface area contributed by atoms with Crippen LogP contribution in [0, 0.1) is 24.2 Å². The number of piperidine rings is 3. The molecule has 25 heavy (non-hydrogen) atoms. The molecule has 2 bridgehead atoms. The smallest absolute Gasteiger partial charge is 0.411 e. The average Bonchev–Trinajstić information content (AvgIpc) is 2.60. The molecule has 1 aromatic carbocycles. The second-order valence-corrected chi connectivity index (χ2v) is 8.42. The Hall–Kier alpha value is -1.99. The van der Waals surface area contributed by atoms with Gasteiger partial charge in [0.25, 0.3) is 0 Å². The standard InChI is InChI=1S/C21H28N2O2/c1-5-15-13-23-11-10-16(15)12-19(23)14-25-20(24)22-18-8-6-17(7-9-18)21(2,3)4/h1,6-9,15-16,19H,10-14H2,2-4H3,(H,22,24)/p+1/t15-,16-,19+/m0/s1. The van der Waals surface area contributed by atoms with E-state index in [-0.39, 0.29) is 11.5 Å². The minimum atomic E-state index is -0.376. The van der Waals surface area contributed by atoms with Crippen LogP contribution in [0.15, 0.2) is 24.3 Å². The summed E-state index contributed by atoms with van der Waals surface area (Å²) in [5.74, 6) is 3.93. The summed E-state index contributed by atoms with van der Waals surface area (Å²) in [5.41, 5.74) is 2.11. The summed E-state index contributed by atoms with van der Waals surface area (Å²) < 4.78 is 5.48. The van der Waals surface area contributed by atoms with E-state index >= 15 is 0 Å². The van der Waals surface area contributed by atoms with Crippen molar-refractivity contribution in [1.82, 2.24) is 0 Å². The van der Waals surface area contributed by atoms with Gasteiger partial charge in [0, 0.05) is 18.5 Å². The van der Waals surface area contributed by atoms with Gasteiger partial charge < -0.3 is 9.64 Å². The first-order valence-corrected chi connectivity index (χ1v) is 9.22. The van der Waals surface area contributed by atoms with Crippen molar-refractivity contribution >= 4 is 11.8 Å². The Morgan fingerprint density at radius 2 is 2.08 bits per heavy atom. The summed E-state index contributed by atoms with van der Waals surface area (Å²) in [6.07, 6.45) is 7.51. The molecule has 3 aliphatic heterocycles. The number of hydrogen-bond donors (Lipinski definition) is 2. The molecule has 4 nitrogen and oxygen atoms in total. The SMILES string of the molecule is C#C[C@H]1C[NH+]2CC[C@H]1C[C@@H]2COC(=O)Nc1ccc(C(C)(C)C)cc1. The fraction of sp³-hybridized carbons (Fsp3) is 0.571. The van der Waals surface area contributed by atoms with Gasteiger partial charge in [0.05, 0.1) is 19.0 Å². The van der Waals surface area contributed by atoms with Crippen LogP contribution in [0.1, 0.15) is 39.2 Å². The van der Waals surface area contributed by atoms with Gasteiger partial charge in [-0.3, -0.25) is 5.32 Å². The zero-order valence-electron chi connectivity index (χ0n) is 15.5. The Morgan fingerprint density at radius 1 is 1.36 bits per heavy atom. The first-order chi connectivity index (χ1) is 11.9. The van der Waals surface area contributed by atoms with Crippen LogP contribution < -0.4 is 10.2 Å². The molecule has 4 atom stereocenters. The van der Waals surface area contributed by atoms with Crippen LogP contribution in [0.5, 0.6) is 0 Å². The summed E-state index contributed by atoms with van der Waals surface area (Å²) in [6, 6.07) is 8.34. The number of carbonyl (C=O) groups is 1. The quantitative estimate of drug-likeness (QED) is 0.830. The molecule has 0 spiro atoms. The molecular formula is C21H29N2O2+. The first-order valence-electron chi connectivity index (χ1n) is 9.22. The number of terminal acetylenes is 1. The van der Waals surface area contributed by atoms with Gasteiger partial charge in [0.1, 0.15) is 12.6 Å². The number of ether oxygens (including phenoxy) is 1. The van der Waals surface area contributed by atoms with Gasteiger partial charge in [-0.05, 0) is 29.0 Å². The Kier molecular flexibility index (Phi) is 5.06. The number of fused-ring (bicyclic) bond motifs is 3. The Labute approximate surface area is 150 Å². The minimum absolute atomic E-state index is 0.104.